The molecular formula is C8H15NO2. The van der Waals surface area contributed by atoms with Crippen molar-refractivity contribution in [2.45, 2.75) is 24.7 Å². The summed E-state index contributed by atoms with van der Waals surface area (Å²) in [5.74, 6) is -0.518. The van der Waals surface area contributed by atoms with E-state index in [0.29, 0.717) is 0 Å². The zero-order valence-electron chi connectivity index (χ0n) is 7.04. The molecule has 0 fully saturated rings. The van der Waals surface area contributed by atoms with Gasteiger partial charge in [-0.1, -0.05) is 6.08 Å². The van der Waals surface area contributed by atoms with Crippen molar-refractivity contribution in [2.75, 3.05) is 14.2 Å². The zero-order valence-corrected chi connectivity index (χ0v) is 7.04. The number of methoxy groups -OCH3 is 2. The lowest BCUT2D eigenvalue weighted by atomic mass is 9.98. The summed E-state index contributed by atoms with van der Waals surface area (Å²) in [6, 6.07) is 0.161. The van der Waals surface area contributed by atoms with Crippen LogP contribution in [0.2, 0.25) is 0 Å². The first-order valence-electron chi connectivity index (χ1n) is 3.78. The average Bonchev–Trinajstić information content (AvgIpc) is 2.07. The molecule has 0 amide bonds. The Kier molecular flexibility index (Phi) is 2.65. The second-order valence-electron chi connectivity index (χ2n) is 2.78. The van der Waals surface area contributed by atoms with Gasteiger partial charge in [0.25, 0.3) is 0 Å². The van der Waals surface area contributed by atoms with Gasteiger partial charge < -0.3 is 15.2 Å². The molecule has 11 heavy (non-hydrogen) atoms. The third kappa shape index (κ3) is 1.80. The monoisotopic (exact) mass is 157 g/mol. The average molecular weight is 157 g/mol. The zero-order chi connectivity index (χ0) is 8.32. The van der Waals surface area contributed by atoms with E-state index in [1.807, 2.05) is 12.2 Å². The topological polar surface area (TPSA) is 44.5 Å². The molecule has 1 unspecified atom stereocenters. The first kappa shape index (κ1) is 8.71. The van der Waals surface area contributed by atoms with Crippen LogP contribution in [0, 0.1) is 0 Å². The van der Waals surface area contributed by atoms with Gasteiger partial charge in [0.1, 0.15) is 0 Å². The number of hydrogen-bond donors (Lipinski definition) is 1. The Bertz CT molecular complexity index is 152. The molecule has 0 heterocycles. The maximum Gasteiger partial charge on any atom is 0.187 e. The van der Waals surface area contributed by atoms with Crippen LogP contribution in [-0.4, -0.2) is 26.0 Å². The quantitative estimate of drug-likeness (QED) is 0.473. The minimum absolute atomic E-state index is 0.161. The summed E-state index contributed by atoms with van der Waals surface area (Å²) in [5, 5.41) is 0. The fraction of sp³-hybridized carbons (Fsp3) is 0.750. The van der Waals surface area contributed by atoms with Gasteiger partial charge in [0.15, 0.2) is 5.79 Å². The molecule has 0 aliphatic heterocycles. The van der Waals surface area contributed by atoms with Crippen LogP contribution >= 0.6 is 0 Å². The van der Waals surface area contributed by atoms with Crippen molar-refractivity contribution in [2.24, 2.45) is 5.73 Å². The highest BCUT2D eigenvalue weighted by Gasteiger charge is 2.29. The van der Waals surface area contributed by atoms with Gasteiger partial charge in [0.05, 0.1) is 0 Å². The summed E-state index contributed by atoms with van der Waals surface area (Å²) in [6.45, 7) is 0. The number of nitrogens with two attached hydrogens (primary N) is 1. The largest absolute Gasteiger partial charge is 0.350 e. The molecular weight excluding hydrogens is 142 g/mol. The lowest BCUT2D eigenvalue weighted by molar-refractivity contribution is -0.177. The molecule has 1 aliphatic carbocycles. The number of hydrogen-bond acceptors (Lipinski definition) is 3. The van der Waals surface area contributed by atoms with Gasteiger partial charge in [-0.15, -0.1) is 0 Å². The van der Waals surface area contributed by atoms with Crippen molar-refractivity contribution in [1.82, 2.24) is 0 Å². The summed E-state index contributed by atoms with van der Waals surface area (Å²) < 4.78 is 10.4. The van der Waals surface area contributed by atoms with E-state index in [2.05, 4.69) is 0 Å². The van der Waals surface area contributed by atoms with Gasteiger partial charge in [0, 0.05) is 26.7 Å². The summed E-state index contributed by atoms with van der Waals surface area (Å²) >= 11 is 0. The molecule has 0 saturated carbocycles. The Hall–Kier alpha value is -0.380. The molecule has 0 bridgehead atoms. The first-order valence-corrected chi connectivity index (χ1v) is 3.78. The van der Waals surface area contributed by atoms with Gasteiger partial charge in [0.2, 0.25) is 0 Å². The molecule has 3 nitrogen and oxygen atoms in total. The van der Waals surface area contributed by atoms with Crippen LogP contribution in [-0.2, 0) is 9.47 Å². The molecule has 3 heteroatoms. The smallest absolute Gasteiger partial charge is 0.187 e. The maximum atomic E-state index is 5.67. The second kappa shape index (κ2) is 3.34. The molecule has 0 saturated heterocycles. The fourth-order valence-electron chi connectivity index (χ4n) is 1.24. The minimum atomic E-state index is -0.518. The van der Waals surface area contributed by atoms with Crippen molar-refractivity contribution in [1.29, 1.82) is 0 Å². The van der Waals surface area contributed by atoms with E-state index in [-0.39, 0.29) is 6.04 Å². The Morgan fingerprint density at radius 1 is 1.45 bits per heavy atom. The van der Waals surface area contributed by atoms with Gasteiger partial charge in [-0.3, -0.25) is 0 Å². The maximum absolute atomic E-state index is 5.67. The standard InChI is InChI=1S/C8H15NO2/c1-10-8(11-2)5-3-7(9)4-6-8/h3,5,7H,4,6,9H2,1-2H3. The van der Waals surface area contributed by atoms with Crippen LogP contribution in [0.3, 0.4) is 0 Å². The molecule has 64 valence electrons. The third-order valence-electron chi connectivity index (χ3n) is 2.11. The summed E-state index contributed by atoms with van der Waals surface area (Å²) in [6.07, 6.45) is 5.56. The van der Waals surface area contributed by atoms with Gasteiger partial charge in [-0.2, -0.15) is 0 Å². The van der Waals surface area contributed by atoms with Crippen molar-refractivity contribution in [3.05, 3.63) is 12.2 Å². The lowest BCUT2D eigenvalue weighted by Gasteiger charge is -2.31. The highest BCUT2D eigenvalue weighted by molar-refractivity contribution is 5.06. The first-order chi connectivity index (χ1) is 5.22. The molecule has 0 aromatic heterocycles. The Balaban J connectivity index is 2.65. The van der Waals surface area contributed by atoms with E-state index in [4.69, 9.17) is 15.2 Å². The fourth-order valence-corrected chi connectivity index (χ4v) is 1.24. The Morgan fingerprint density at radius 2 is 2.09 bits per heavy atom. The number of ether oxygens (including phenoxy) is 2. The predicted molar refractivity (Wildman–Crippen MR) is 43.1 cm³/mol. The normalized spacial score (nSPS) is 28.8. The highest BCUT2D eigenvalue weighted by Crippen LogP contribution is 2.25. The van der Waals surface area contributed by atoms with E-state index >= 15 is 0 Å². The summed E-state index contributed by atoms with van der Waals surface area (Å²) in [4.78, 5) is 0. The molecule has 0 radical (unpaired) electrons. The van der Waals surface area contributed by atoms with Crippen LogP contribution in [0.4, 0.5) is 0 Å². The van der Waals surface area contributed by atoms with Crippen molar-refractivity contribution in [3.63, 3.8) is 0 Å². The molecule has 1 rings (SSSR count). The summed E-state index contributed by atoms with van der Waals surface area (Å²) in [5.41, 5.74) is 5.67. The third-order valence-corrected chi connectivity index (χ3v) is 2.11. The van der Waals surface area contributed by atoms with Crippen molar-refractivity contribution in [3.8, 4) is 0 Å². The van der Waals surface area contributed by atoms with E-state index in [1.54, 1.807) is 14.2 Å². The van der Waals surface area contributed by atoms with Gasteiger partial charge >= 0.3 is 0 Å². The van der Waals surface area contributed by atoms with E-state index in [0.717, 1.165) is 12.8 Å². The molecule has 1 aliphatic rings. The summed E-state index contributed by atoms with van der Waals surface area (Å²) in [7, 11) is 3.29. The molecule has 0 aromatic carbocycles. The van der Waals surface area contributed by atoms with Crippen LogP contribution in [0.1, 0.15) is 12.8 Å². The van der Waals surface area contributed by atoms with Crippen LogP contribution in [0.15, 0.2) is 12.2 Å². The molecule has 0 aromatic rings. The molecule has 0 spiro atoms. The second-order valence-corrected chi connectivity index (χ2v) is 2.78. The Labute approximate surface area is 67.2 Å². The van der Waals surface area contributed by atoms with E-state index in [1.165, 1.54) is 0 Å². The van der Waals surface area contributed by atoms with E-state index in [9.17, 15) is 0 Å². The SMILES string of the molecule is COC1(OC)C=CC(N)CC1. The van der Waals surface area contributed by atoms with Gasteiger partial charge in [-0.05, 0) is 12.5 Å². The predicted octanol–water partition coefficient (Wildman–Crippen LogP) is 0.653. The lowest BCUT2D eigenvalue weighted by Crippen LogP contribution is -2.37. The molecule has 2 N–H and O–H groups in total. The number of rotatable bonds is 2. The van der Waals surface area contributed by atoms with Crippen LogP contribution < -0.4 is 5.73 Å². The van der Waals surface area contributed by atoms with Gasteiger partial charge in [-0.25, -0.2) is 0 Å². The van der Waals surface area contributed by atoms with Crippen LogP contribution in [0.25, 0.3) is 0 Å². The Morgan fingerprint density at radius 3 is 2.45 bits per heavy atom. The minimum Gasteiger partial charge on any atom is -0.350 e. The van der Waals surface area contributed by atoms with Crippen molar-refractivity contribution >= 4 is 0 Å². The van der Waals surface area contributed by atoms with E-state index < -0.39 is 5.79 Å². The van der Waals surface area contributed by atoms with Crippen molar-refractivity contribution < 1.29 is 9.47 Å². The molecule has 1 atom stereocenters. The highest BCUT2D eigenvalue weighted by atomic mass is 16.7. The van der Waals surface area contributed by atoms with Crippen LogP contribution in [0.5, 0.6) is 0 Å².